The molecule has 0 aliphatic carbocycles. The Morgan fingerprint density at radius 3 is 2.78 bits per heavy atom. The summed E-state index contributed by atoms with van der Waals surface area (Å²) in [6, 6.07) is 4.16. The van der Waals surface area contributed by atoms with Crippen molar-refractivity contribution in [1.29, 1.82) is 0 Å². The van der Waals surface area contributed by atoms with Crippen LogP contribution in [0.3, 0.4) is 0 Å². The summed E-state index contributed by atoms with van der Waals surface area (Å²) < 4.78 is 11.1. The molecule has 5 heteroatoms. The van der Waals surface area contributed by atoms with E-state index in [1.54, 1.807) is 0 Å². The summed E-state index contributed by atoms with van der Waals surface area (Å²) in [5.41, 5.74) is 2.23. The number of aliphatic hydroxyl groups excluding tert-OH is 1. The maximum atomic E-state index is 10.2. The molecule has 1 aliphatic heterocycles. The summed E-state index contributed by atoms with van der Waals surface area (Å²) in [5.74, 6) is 0.396. The zero-order valence-corrected chi connectivity index (χ0v) is 14.5. The van der Waals surface area contributed by atoms with Crippen molar-refractivity contribution in [3.05, 3.63) is 29.6 Å². The van der Waals surface area contributed by atoms with E-state index in [4.69, 9.17) is 9.47 Å². The fourth-order valence-electron chi connectivity index (χ4n) is 2.88. The molecule has 5 nitrogen and oxygen atoms in total. The van der Waals surface area contributed by atoms with Crippen molar-refractivity contribution in [1.82, 2.24) is 10.3 Å². The second-order valence-corrected chi connectivity index (χ2v) is 6.63. The van der Waals surface area contributed by atoms with Gasteiger partial charge in [0.2, 0.25) is 0 Å². The fraction of sp³-hybridized carbons (Fsp3) is 0.722. The van der Waals surface area contributed by atoms with Crippen LogP contribution >= 0.6 is 0 Å². The number of hydrogen-bond donors (Lipinski definition) is 2. The number of nitrogens with one attached hydrogen (secondary N) is 1. The molecule has 1 saturated heterocycles. The van der Waals surface area contributed by atoms with Crippen LogP contribution in [0, 0.1) is 12.8 Å². The Labute approximate surface area is 139 Å². The first-order valence-electron chi connectivity index (χ1n) is 8.60. The van der Waals surface area contributed by atoms with Gasteiger partial charge >= 0.3 is 0 Å². The molecule has 0 bridgehead atoms. The molecule has 1 fully saturated rings. The lowest BCUT2D eigenvalue weighted by molar-refractivity contribution is -0.0590. The van der Waals surface area contributed by atoms with Gasteiger partial charge in [-0.25, -0.2) is 0 Å². The molecule has 2 N–H and O–H groups in total. The standard InChI is InChI=1S/C18H30N2O3/c1-13(2)17(18-14(3)5-4-8-19-18)20-11-15(21)12-23-16-6-9-22-10-7-16/h4-5,8,13,15-17,20-21H,6-7,9-12H2,1-3H3. The van der Waals surface area contributed by atoms with E-state index in [0.29, 0.717) is 19.1 Å². The molecule has 130 valence electrons. The van der Waals surface area contributed by atoms with Gasteiger partial charge in [0.05, 0.1) is 30.6 Å². The van der Waals surface area contributed by atoms with Gasteiger partial charge in [-0.05, 0) is 37.3 Å². The van der Waals surface area contributed by atoms with Gasteiger partial charge in [0.1, 0.15) is 0 Å². The normalized spacial score (nSPS) is 19.0. The molecule has 0 radical (unpaired) electrons. The first kappa shape index (κ1) is 18.3. The van der Waals surface area contributed by atoms with Gasteiger partial charge in [0.15, 0.2) is 0 Å². The predicted octanol–water partition coefficient (Wildman–Crippen LogP) is 2.23. The van der Waals surface area contributed by atoms with Gasteiger partial charge in [-0.2, -0.15) is 0 Å². The van der Waals surface area contributed by atoms with Crippen LogP contribution in [-0.2, 0) is 9.47 Å². The second-order valence-electron chi connectivity index (χ2n) is 6.63. The maximum absolute atomic E-state index is 10.2. The van der Waals surface area contributed by atoms with Crippen LogP contribution in [0.15, 0.2) is 18.3 Å². The molecule has 1 aliphatic rings. The van der Waals surface area contributed by atoms with Gasteiger partial charge in [0, 0.05) is 26.0 Å². The van der Waals surface area contributed by atoms with Gasteiger partial charge in [0.25, 0.3) is 0 Å². The van der Waals surface area contributed by atoms with Crippen molar-refractivity contribution >= 4 is 0 Å². The third-order valence-corrected chi connectivity index (χ3v) is 4.28. The SMILES string of the molecule is Cc1cccnc1C(NCC(O)COC1CCOCC1)C(C)C. The minimum absolute atomic E-state index is 0.133. The lowest BCUT2D eigenvalue weighted by Crippen LogP contribution is -2.37. The smallest absolute Gasteiger partial charge is 0.0898 e. The maximum Gasteiger partial charge on any atom is 0.0898 e. The first-order chi connectivity index (χ1) is 11.1. The number of aryl methyl sites for hydroxylation is 1. The highest BCUT2D eigenvalue weighted by Crippen LogP contribution is 2.22. The number of pyridine rings is 1. The topological polar surface area (TPSA) is 63.6 Å². The predicted molar refractivity (Wildman–Crippen MR) is 90.4 cm³/mol. The molecule has 23 heavy (non-hydrogen) atoms. The van der Waals surface area contributed by atoms with E-state index in [9.17, 15) is 5.11 Å². The van der Waals surface area contributed by atoms with Crippen LogP contribution in [0.25, 0.3) is 0 Å². The van der Waals surface area contributed by atoms with Crippen molar-refractivity contribution in [2.75, 3.05) is 26.4 Å². The molecule has 2 atom stereocenters. The fourth-order valence-corrected chi connectivity index (χ4v) is 2.88. The Morgan fingerprint density at radius 2 is 2.13 bits per heavy atom. The van der Waals surface area contributed by atoms with Crippen LogP contribution in [0.1, 0.15) is 44.0 Å². The molecular formula is C18H30N2O3. The lowest BCUT2D eigenvalue weighted by atomic mass is 9.97. The third-order valence-electron chi connectivity index (χ3n) is 4.28. The molecule has 0 spiro atoms. The number of aromatic nitrogens is 1. The van der Waals surface area contributed by atoms with E-state index < -0.39 is 6.10 Å². The minimum atomic E-state index is -0.511. The van der Waals surface area contributed by atoms with Crippen LogP contribution in [0.5, 0.6) is 0 Å². The van der Waals surface area contributed by atoms with Crippen LogP contribution in [0.4, 0.5) is 0 Å². The van der Waals surface area contributed by atoms with Crippen molar-refractivity contribution in [2.45, 2.75) is 51.9 Å². The van der Waals surface area contributed by atoms with E-state index in [2.05, 4.69) is 37.1 Å². The highest BCUT2D eigenvalue weighted by molar-refractivity contribution is 5.21. The van der Waals surface area contributed by atoms with Crippen LogP contribution < -0.4 is 5.32 Å². The summed E-state index contributed by atoms with van der Waals surface area (Å²) in [7, 11) is 0. The minimum Gasteiger partial charge on any atom is -0.389 e. The monoisotopic (exact) mass is 322 g/mol. The van der Waals surface area contributed by atoms with Crippen molar-refractivity contribution in [2.24, 2.45) is 5.92 Å². The van der Waals surface area contributed by atoms with Crippen molar-refractivity contribution in [3.63, 3.8) is 0 Å². The Balaban J connectivity index is 1.80. The number of rotatable bonds is 8. The van der Waals surface area contributed by atoms with Gasteiger partial charge in [-0.1, -0.05) is 19.9 Å². The second kappa shape index (κ2) is 9.33. The molecule has 0 amide bonds. The Kier molecular flexibility index (Phi) is 7.43. The third kappa shape index (κ3) is 5.84. The van der Waals surface area contributed by atoms with Crippen LogP contribution in [0.2, 0.25) is 0 Å². The van der Waals surface area contributed by atoms with Crippen molar-refractivity contribution in [3.8, 4) is 0 Å². The molecular weight excluding hydrogens is 292 g/mol. The quantitative estimate of drug-likeness (QED) is 0.768. The van der Waals surface area contributed by atoms with Gasteiger partial charge in [-0.15, -0.1) is 0 Å². The molecule has 2 unspecified atom stereocenters. The highest BCUT2D eigenvalue weighted by atomic mass is 16.5. The average molecular weight is 322 g/mol. The molecule has 0 saturated carbocycles. The summed E-state index contributed by atoms with van der Waals surface area (Å²) in [4.78, 5) is 4.51. The van der Waals surface area contributed by atoms with Gasteiger partial charge < -0.3 is 19.9 Å². The Hall–Kier alpha value is -1.01. The summed E-state index contributed by atoms with van der Waals surface area (Å²) >= 11 is 0. The summed E-state index contributed by atoms with van der Waals surface area (Å²) in [6.07, 6.45) is 3.37. The number of aliphatic hydroxyl groups is 1. The first-order valence-corrected chi connectivity index (χ1v) is 8.60. The highest BCUT2D eigenvalue weighted by Gasteiger charge is 2.21. The van der Waals surface area contributed by atoms with E-state index in [1.807, 2.05) is 12.3 Å². The Morgan fingerprint density at radius 1 is 1.39 bits per heavy atom. The molecule has 2 heterocycles. The van der Waals surface area contributed by atoms with E-state index in [1.165, 1.54) is 5.56 Å². The van der Waals surface area contributed by atoms with Crippen molar-refractivity contribution < 1.29 is 14.6 Å². The van der Waals surface area contributed by atoms with E-state index in [0.717, 1.165) is 31.7 Å². The Bertz CT molecular complexity index is 461. The number of nitrogens with zero attached hydrogens (tertiary/aromatic N) is 1. The zero-order valence-electron chi connectivity index (χ0n) is 14.5. The molecule has 0 aromatic carbocycles. The average Bonchev–Trinajstić information content (AvgIpc) is 2.55. The van der Waals surface area contributed by atoms with Crippen LogP contribution in [-0.4, -0.2) is 48.7 Å². The van der Waals surface area contributed by atoms with Gasteiger partial charge in [-0.3, -0.25) is 4.98 Å². The molecule has 2 rings (SSSR count). The van der Waals surface area contributed by atoms with E-state index in [-0.39, 0.29) is 12.1 Å². The number of hydrogen-bond acceptors (Lipinski definition) is 5. The molecule has 1 aromatic rings. The lowest BCUT2D eigenvalue weighted by Gasteiger charge is -2.26. The zero-order chi connectivity index (χ0) is 16.7. The molecule has 1 aromatic heterocycles. The number of ether oxygens (including phenoxy) is 2. The summed E-state index contributed by atoms with van der Waals surface area (Å²) in [6.45, 7) is 8.78. The largest absolute Gasteiger partial charge is 0.389 e. The summed E-state index contributed by atoms with van der Waals surface area (Å²) in [5, 5.41) is 13.6. The van der Waals surface area contributed by atoms with E-state index >= 15 is 0 Å².